The van der Waals surface area contributed by atoms with E-state index < -0.39 is 22.6 Å². The van der Waals surface area contributed by atoms with Gasteiger partial charge in [0.2, 0.25) is 0 Å². The van der Waals surface area contributed by atoms with Gasteiger partial charge in [-0.15, -0.1) is 0 Å². The number of aliphatic carboxylic acids is 1. The summed E-state index contributed by atoms with van der Waals surface area (Å²) in [7, 11) is -3.71. The number of carboxylic acid groups (broad SMARTS) is 1. The molecule has 0 aliphatic heterocycles. The second-order valence-electron chi connectivity index (χ2n) is 4.58. The molecular formula is C15H15NO5S. The van der Waals surface area contributed by atoms with Crippen molar-refractivity contribution >= 4 is 21.7 Å². The molecule has 22 heavy (non-hydrogen) atoms. The highest BCUT2D eigenvalue weighted by atomic mass is 32.2. The fraction of sp³-hybridized carbons (Fsp3) is 0.133. The number of sulfonamides is 1. The summed E-state index contributed by atoms with van der Waals surface area (Å²) in [6.07, 6.45) is 0. The summed E-state index contributed by atoms with van der Waals surface area (Å²) < 4.78 is 32.1. The quantitative estimate of drug-likeness (QED) is 0.851. The third kappa shape index (κ3) is 3.98. The first-order valence-electron chi connectivity index (χ1n) is 6.41. The molecule has 0 spiro atoms. The van der Waals surface area contributed by atoms with E-state index in [1.54, 1.807) is 37.3 Å². The lowest BCUT2D eigenvalue weighted by molar-refractivity contribution is -0.139. The van der Waals surface area contributed by atoms with Crippen LogP contribution in [0.4, 0.5) is 5.69 Å². The van der Waals surface area contributed by atoms with Gasteiger partial charge in [0.25, 0.3) is 10.0 Å². The van der Waals surface area contributed by atoms with Crippen LogP contribution in [0, 0.1) is 6.92 Å². The lowest BCUT2D eigenvalue weighted by Crippen LogP contribution is -2.14. The molecular weight excluding hydrogens is 306 g/mol. The Hall–Kier alpha value is -2.54. The van der Waals surface area contributed by atoms with E-state index in [-0.39, 0.29) is 4.90 Å². The van der Waals surface area contributed by atoms with Crippen LogP contribution in [0.1, 0.15) is 5.56 Å². The van der Waals surface area contributed by atoms with Crippen LogP contribution in [0.2, 0.25) is 0 Å². The number of carboxylic acids is 1. The Kier molecular flexibility index (Phi) is 4.67. The van der Waals surface area contributed by atoms with Gasteiger partial charge in [0.05, 0.1) is 4.90 Å². The van der Waals surface area contributed by atoms with Crippen LogP contribution in [0.15, 0.2) is 53.4 Å². The number of rotatable bonds is 6. The summed E-state index contributed by atoms with van der Waals surface area (Å²) in [6.45, 7) is 1.17. The monoisotopic (exact) mass is 321 g/mol. The molecule has 0 saturated carbocycles. The van der Waals surface area contributed by atoms with E-state index in [0.29, 0.717) is 17.0 Å². The lowest BCUT2D eigenvalue weighted by Gasteiger charge is -2.11. The van der Waals surface area contributed by atoms with Gasteiger partial charge in [0.1, 0.15) is 5.75 Å². The van der Waals surface area contributed by atoms with Crippen LogP contribution in [-0.4, -0.2) is 26.1 Å². The molecule has 0 amide bonds. The second kappa shape index (κ2) is 6.48. The summed E-state index contributed by atoms with van der Waals surface area (Å²) >= 11 is 0. The Balaban J connectivity index is 2.21. The average Bonchev–Trinajstić information content (AvgIpc) is 2.46. The maximum absolute atomic E-state index is 12.3. The number of carbonyl (C=O) groups is 1. The van der Waals surface area contributed by atoms with Gasteiger partial charge in [-0.1, -0.05) is 18.2 Å². The fourth-order valence-electron chi connectivity index (χ4n) is 1.81. The van der Waals surface area contributed by atoms with Crippen LogP contribution >= 0.6 is 0 Å². The molecule has 0 saturated heterocycles. The molecule has 0 aromatic heterocycles. The number of aryl methyl sites for hydroxylation is 1. The van der Waals surface area contributed by atoms with E-state index in [4.69, 9.17) is 9.84 Å². The fourth-order valence-corrected chi connectivity index (χ4v) is 2.95. The molecule has 116 valence electrons. The molecule has 6 nitrogen and oxygen atoms in total. The molecule has 0 fully saturated rings. The predicted molar refractivity (Wildman–Crippen MR) is 81.6 cm³/mol. The number of para-hydroxylation sites is 1. The van der Waals surface area contributed by atoms with E-state index in [1.807, 2.05) is 0 Å². The van der Waals surface area contributed by atoms with Gasteiger partial charge < -0.3 is 9.84 Å². The molecule has 2 aromatic carbocycles. The molecule has 0 bridgehead atoms. The maximum Gasteiger partial charge on any atom is 0.341 e. The van der Waals surface area contributed by atoms with E-state index in [2.05, 4.69) is 4.72 Å². The van der Waals surface area contributed by atoms with Crippen molar-refractivity contribution in [3.8, 4) is 5.75 Å². The van der Waals surface area contributed by atoms with Gasteiger partial charge in [-0.2, -0.15) is 0 Å². The molecule has 0 aliphatic carbocycles. The van der Waals surface area contributed by atoms with Crippen LogP contribution in [0.5, 0.6) is 5.75 Å². The SMILES string of the molecule is Cc1cc(S(=O)(=O)Nc2ccccc2)ccc1OCC(=O)O. The molecule has 0 atom stereocenters. The molecule has 2 rings (SSSR count). The summed E-state index contributed by atoms with van der Waals surface area (Å²) in [5, 5.41) is 8.58. The molecule has 2 N–H and O–H groups in total. The Bertz CT molecular complexity index is 772. The number of ether oxygens (including phenoxy) is 1. The molecule has 0 unspecified atom stereocenters. The number of hydrogen-bond acceptors (Lipinski definition) is 4. The maximum atomic E-state index is 12.3. The van der Waals surface area contributed by atoms with Crippen molar-refractivity contribution in [1.82, 2.24) is 0 Å². The van der Waals surface area contributed by atoms with Crippen LogP contribution in [-0.2, 0) is 14.8 Å². The molecule has 0 aliphatic rings. The Morgan fingerprint density at radius 1 is 1.18 bits per heavy atom. The normalized spacial score (nSPS) is 11.0. The lowest BCUT2D eigenvalue weighted by atomic mass is 10.2. The summed E-state index contributed by atoms with van der Waals surface area (Å²) in [4.78, 5) is 10.6. The Morgan fingerprint density at radius 3 is 2.45 bits per heavy atom. The van der Waals surface area contributed by atoms with Crippen molar-refractivity contribution in [2.45, 2.75) is 11.8 Å². The van der Waals surface area contributed by atoms with Gasteiger partial charge in [-0.3, -0.25) is 4.72 Å². The molecule has 7 heteroatoms. The van der Waals surface area contributed by atoms with Gasteiger partial charge in [-0.25, -0.2) is 13.2 Å². The summed E-state index contributed by atoms with van der Waals surface area (Å²) in [6, 6.07) is 12.8. The molecule has 2 aromatic rings. The van der Waals surface area contributed by atoms with Crippen LogP contribution < -0.4 is 9.46 Å². The van der Waals surface area contributed by atoms with Crippen molar-refractivity contribution in [3.05, 3.63) is 54.1 Å². The number of nitrogens with one attached hydrogen (secondary N) is 1. The van der Waals surface area contributed by atoms with Gasteiger partial charge in [-0.05, 0) is 42.8 Å². The highest BCUT2D eigenvalue weighted by Crippen LogP contribution is 2.23. The largest absolute Gasteiger partial charge is 0.482 e. The summed E-state index contributed by atoms with van der Waals surface area (Å²) in [5.41, 5.74) is 1.00. The zero-order chi connectivity index (χ0) is 16.2. The number of anilines is 1. The standard InChI is InChI=1S/C15H15NO5S/c1-11-9-13(7-8-14(11)21-10-15(17)18)22(19,20)16-12-5-3-2-4-6-12/h2-9,16H,10H2,1H3,(H,17,18). The number of benzene rings is 2. The van der Waals surface area contributed by atoms with E-state index in [9.17, 15) is 13.2 Å². The third-order valence-corrected chi connectivity index (χ3v) is 4.21. The van der Waals surface area contributed by atoms with Crippen LogP contribution in [0.25, 0.3) is 0 Å². The molecule has 0 radical (unpaired) electrons. The van der Waals surface area contributed by atoms with E-state index in [1.165, 1.54) is 18.2 Å². The predicted octanol–water partition coefficient (Wildman–Crippen LogP) is 2.26. The zero-order valence-corrected chi connectivity index (χ0v) is 12.6. The number of hydrogen-bond donors (Lipinski definition) is 2. The second-order valence-corrected chi connectivity index (χ2v) is 6.26. The van der Waals surface area contributed by atoms with Crippen molar-refractivity contribution in [2.24, 2.45) is 0 Å². The Labute approximate surface area is 128 Å². The average molecular weight is 321 g/mol. The van der Waals surface area contributed by atoms with Crippen molar-refractivity contribution in [1.29, 1.82) is 0 Å². The zero-order valence-electron chi connectivity index (χ0n) is 11.8. The van der Waals surface area contributed by atoms with E-state index >= 15 is 0 Å². The Morgan fingerprint density at radius 2 is 1.86 bits per heavy atom. The minimum atomic E-state index is -3.71. The summed E-state index contributed by atoms with van der Waals surface area (Å²) in [5.74, 6) is -0.761. The first kappa shape index (κ1) is 15.8. The smallest absolute Gasteiger partial charge is 0.341 e. The van der Waals surface area contributed by atoms with Gasteiger partial charge >= 0.3 is 5.97 Å². The van der Waals surface area contributed by atoms with Crippen molar-refractivity contribution in [2.75, 3.05) is 11.3 Å². The van der Waals surface area contributed by atoms with Crippen molar-refractivity contribution in [3.63, 3.8) is 0 Å². The third-order valence-electron chi connectivity index (χ3n) is 2.83. The first-order chi connectivity index (χ1) is 10.4. The van der Waals surface area contributed by atoms with E-state index in [0.717, 1.165) is 0 Å². The minimum absolute atomic E-state index is 0.0801. The minimum Gasteiger partial charge on any atom is -0.482 e. The first-order valence-corrected chi connectivity index (χ1v) is 7.90. The topological polar surface area (TPSA) is 92.7 Å². The van der Waals surface area contributed by atoms with Gasteiger partial charge in [0, 0.05) is 5.69 Å². The highest BCUT2D eigenvalue weighted by Gasteiger charge is 2.16. The van der Waals surface area contributed by atoms with Gasteiger partial charge in [0.15, 0.2) is 6.61 Å². The molecule has 0 heterocycles. The highest BCUT2D eigenvalue weighted by molar-refractivity contribution is 7.92. The van der Waals surface area contributed by atoms with Crippen LogP contribution in [0.3, 0.4) is 0 Å². The van der Waals surface area contributed by atoms with Crippen molar-refractivity contribution < 1.29 is 23.1 Å².